The fourth-order valence-corrected chi connectivity index (χ4v) is 4.28. The van der Waals surface area contributed by atoms with E-state index >= 15 is 0 Å². The molecule has 18 heavy (non-hydrogen) atoms. The summed E-state index contributed by atoms with van der Waals surface area (Å²) < 4.78 is 5.49. The molecule has 1 aliphatic carbocycles. The summed E-state index contributed by atoms with van der Waals surface area (Å²) in [4.78, 5) is 2.60. The van der Waals surface area contributed by atoms with Gasteiger partial charge in [-0.05, 0) is 35.2 Å². The van der Waals surface area contributed by atoms with Gasteiger partial charge in [-0.15, -0.1) is 0 Å². The second kappa shape index (κ2) is 5.29. The molecule has 1 unspecified atom stereocenters. The van der Waals surface area contributed by atoms with E-state index in [1.807, 2.05) is 0 Å². The highest BCUT2D eigenvalue weighted by molar-refractivity contribution is 7.07. The SMILES string of the molecule is NC(c1ccsc1)C1(N2CCOCC2)CCCC1. The predicted molar refractivity (Wildman–Crippen MR) is 74.8 cm³/mol. The van der Waals surface area contributed by atoms with E-state index in [9.17, 15) is 0 Å². The van der Waals surface area contributed by atoms with E-state index in [1.165, 1.54) is 31.2 Å². The second-order valence-electron chi connectivity index (χ2n) is 5.44. The minimum Gasteiger partial charge on any atom is -0.379 e. The lowest BCUT2D eigenvalue weighted by atomic mass is 9.83. The molecule has 0 aromatic carbocycles. The van der Waals surface area contributed by atoms with Gasteiger partial charge in [0, 0.05) is 24.7 Å². The number of nitrogens with two attached hydrogens (primary N) is 1. The lowest BCUT2D eigenvalue weighted by molar-refractivity contribution is -0.0311. The molecule has 1 aromatic rings. The first-order valence-electron chi connectivity index (χ1n) is 6.93. The number of nitrogens with zero attached hydrogens (tertiary/aromatic N) is 1. The highest BCUT2D eigenvalue weighted by Gasteiger charge is 2.45. The Kier molecular flexibility index (Phi) is 3.71. The van der Waals surface area contributed by atoms with Crippen LogP contribution >= 0.6 is 11.3 Å². The molecule has 2 N–H and O–H groups in total. The van der Waals surface area contributed by atoms with Crippen LogP contribution in [0.2, 0.25) is 0 Å². The van der Waals surface area contributed by atoms with Gasteiger partial charge < -0.3 is 10.5 Å². The van der Waals surface area contributed by atoms with Gasteiger partial charge in [0.2, 0.25) is 0 Å². The molecular formula is C14H22N2OS. The molecule has 1 aliphatic heterocycles. The molecule has 0 radical (unpaired) electrons. The van der Waals surface area contributed by atoms with Crippen LogP contribution in [0.25, 0.3) is 0 Å². The minimum atomic E-state index is 0.157. The van der Waals surface area contributed by atoms with Gasteiger partial charge >= 0.3 is 0 Å². The van der Waals surface area contributed by atoms with Gasteiger partial charge in [0.05, 0.1) is 13.2 Å². The van der Waals surface area contributed by atoms with Gasteiger partial charge in [0.25, 0.3) is 0 Å². The van der Waals surface area contributed by atoms with E-state index in [-0.39, 0.29) is 11.6 Å². The van der Waals surface area contributed by atoms with Gasteiger partial charge in [0.15, 0.2) is 0 Å². The second-order valence-corrected chi connectivity index (χ2v) is 6.22. The highest BCUT2D eigenvalue weighted by Crippen LogP contribution is 2.44. The molecule has 1 saturated carbocycles. The maximum Gasteiger partial charge on any atom is 0.0594 e. The van der Waals surface area contributed by atoms with E-state index in [4.69, 9.17) is 10.5 Å². The topological polar surface area (TPSA) is 38.5 Å². The van der Waals surface area contributed by atoms with Gasteiger partial charge in [-0.1, -0.05) is 12.8 Å². The fourth-order valence-electron chi connectivity index (χ4n) is 3.58. The average Bonchev–Trinajstić information content (AvgIpc) is 3.11. The summed E-state index contributed by atoms with van der Waals surface area (Å²) in [6.45, 7) is 3.80. The van der Waals surface area contributed by atoms with Gasteiger partial charge in [0.1, 0.15) is 0 Å². The largest absolute Gasteiger partial charge is 0.379 e. The summed E-state index contributed by atoms with van der Waals surface area (Å²) in [6.07, 6.45) is 5.11. The molecule has 2 aliphatic rings. The van der Waals surface area contributed by atoms with E-state index in [2.05, 4.69) is 21.7 Å². The van der Waals surface area contributed by atoms with Crippen LogP contribution in [0.1, 0.15) is 37.3 Å². The van der Waals surface area contributed by atoms with Crippen molar-refractivity contribution in [2.45, 2.75) is 37.3 Å². The Morgan fingerprint density at radius 2 is 2.00 bits per heavy atom. The van der Waals surface area contributed by atoms with Crippen LogP contribution in [-0.2, 0) is 4.74 Å². The molecule has 0 bridgehead atoms. The lowest BCUT2D eigenvalue weighted by Gasteiger charge is -2.47. The molecular weight excluding hydrogens is 244 g/mol. The quantitative estimate of drug-likeness (QED) is 0.913. The Hall–Kier alpha value is -0.420. The first kappa shape index (κ1) is 12.6. The van der Waals surface area contributed by atoms with Crippen LogP contribution in [0.15, 0.2) is 16.8 Å². The normalized spacial score (nSPS) is 26.3. The molecule has 4 heteroatoms. The summed E-state index contributed by atoms with van der Waals surface area (Å²) in [5.41, 5.74) is 8.13. The van der Waals surface area contributed by atoms with Gasteiger partial charge in [-0.25, -0.2) is 0 Å². The molecule has 3 nitrogen and oxygen atoms in total. The van der Waals surface area contributed by atoms with E-state index < -0.39 is 0 Å². The summed E-state index contributed by atoms with van der Waals surface area (Å²) in [6, 6.07) is 2.35. The van der Waals surface area contributed by atoms with E-state index in [1.54, 1.807) is 11.3 Å². The van der Waals surface area contributed by atoms with Crippen LogP contribution in [0.3, 0.4) is 0 Å². The van der Waals surface area contributed by atoms with Crippen molar-refractivity contribution in [3.05, 3.63) is 22.4 Å². The predicted octanol–water partition coefficient (Wildman–Crippen LogP) is 2.39. The van der Waals surface area contributed by atoms with Crippen molar-refractivity contribution in [1.82, 2.24) is 4.90 Å². The number of thiophene rings is 1. The summed E-state index contributed by atoms with van der Waals surface area (Å²) in [7, 11) is 0. The van der Waals surface area contributed by atoms with Crippen molar-refractivity contribution in [3.8, 4) is 0 Å². The van der Waals surface area contributed by atoms with Gasteiger partial charge in [-0.2, -0.15) is 11.3 Å². The average molecular weight is 266 g/mol. The Morgan fingerprint density at radius 3 is 2.61 bits per heavy atom. The van der Waals surface area contributed by atoms with Crippen molar-refractivity contribution in [3.63, 3.8) is 0 Å². The number of hydrogen-bond donors (Lipinski definition) is 1. The van der Waals surface area contributed by atoms with Crippen LogP contribution in [0, 0.1) is 0 Å². The summed E-state index contributed by atoms with van der Waals surface area (Å²) >= 11 is 1.75. The first-order chi connectivity index (χ1) is 8.83. The van der Waals surface area contributed by atoms with Crippen LogP contribution in [0.4, 0.5) is 0 Å². The Morgan fingerprint density at radius 1 is 1.28 bits per heavy atom. The zero-order chi connectivity index (χ0) is 12.4. The molecule has 3 rings (SSSR count). The Balaban J connectivity index is 1.86. The minimum absolute atomic E-state index is 0.157. The number of morpholine rings is 1. The summed E-state index contributed by atoms with van der Waals surface area (Å²) in [5, 5.41) is 4.35. The third-order valence-electron chi connectivity index (χ3n) is 4.59. The van der Waals surface area contributed by atoms with Crippen LogP contribution in [-0.4, -0.2) is 36.7 Å². The summed E-state index contributed by atoms with van der Waals surface area (Å²) in [5.74, 6) is 0. The molecule has 1 aromatic heterocycles. The fraction of sp³-hybridized carbons (Fsp3) is 0.714. The number of rotatable bonds is 3. The highest BCUT2D eigenvalue weighted by atomic mass is 32.1. The van der Waals surface area contributed by atoms with Crippen molar-refractivity contribution < 1.29 is 4.74 Å². The van der Waals surface area contributed by atoms with Crippen molar-refractivity contribution in [2.75, 3.05) is 26.3 Å². The third-order valence-corrected chi connectivity index (χ3v) is 5.29. The van der Waals surface area contributed by atoms with E-state index in [0.29, 0.717) is 0 Å². The lowest BCUT2D eigenvalue weighted by Crippen LogP contribution is -2.57. The molecule has 2 fully saturated rings. The molecule has 100 valence electrons. The third kappa shape index (κ3) is 2.11. The zero-order valence-electron chi connectivity index (χ0n) is 10.8. The Labute approximate surface area is 113 Å². The maximum absolute atomic E-state index is 6.63. The van der Waals surface area contributed by atoms with Crippen LogP contribution < -0.4 is 5.73 Å². The molecule has 1 saturated heterocycles. The van der Waals surface area contributed by atoms with Crippen molar-refractivity contribution in [1.29, 1.82) is 0 Å². The number of ether oxygens (including phenoxy) is 1. The standard InChI is InChI=1S/C14H22N2OS/c15-13(12-3-10-18-11-12)14(4-1-2-5-14)16-6-8-17-9-7-16/h3,10-11,13H,1-2,4-9,15H2. The van der Waals surface area contributed by atoms with E-state index in [0.717, 1.165) is 26.3 Å². The maximum atomic E-state index is 6.63. The molecule has 0 spiro atoms. The van der Waals surface area contributed by atoms with Crippen molar-refractivity contribution >= 4 is 11.3 Å². The zero-order valence-corrected chi connectivity index (χ0v) is 11.6. The van der Waals surface area contributed by atoms with Crippen molar-refractivity contribution in [2.24, 2.45) is 5.73 Å². The number of hydrogen-bond acceptors (Lipinski definition) is 4. The molecule has 0 amide bonds. The smallest absolute Gasteiger partial charge is 0.0594 e. The molecule has 2 heterocycles. The van der Waals surface area contributed by atoms with Gasteiger partial charge in [-0.3, -0.25) is 4.90 Å². The first-order valence-corrected chi connectivity index (χ1v) is 7.88. The molecule has 1 atom stereocenters. The van der Waals surface area contributed by atoms with Crippen LogP contribution in [0.5, 0.6) is 0 Å². The Bertz CT molecular complexity index is 367. The monoisotopic (exact) mass is 266 g/mol.